The molecule has 0 unspecified atom stereocenters. The van der Waals surface area contributed by atoms with Crippen LogP contribution in [0, 0.1) is 10.1 Å². The van der Waals surface area contributed by atoms with E-state index in [1.54, 1.807) is 10.9 Å². The lowest BCUT2D eigenvalue weighted by Gasteiger charge is -2.14. The third-order valence-corrected chi connectivity index (χ3v) is 5.25. The fraction of sp³-hybridized carbons (Fsp3) is 0.357. The number of aromatic nitrogens is 2. The summed E-state index contributed by atoms with van der Waals surface area (Å²) in [5.74, 6) is 0. The van der Waals surface area contributed by atoms with E-state index in [0.717, 1.165) is 17.7 Å². The first kappa shape index (κ1) is 16.6. The summed E-state index contributed by atoms with van der Waals surface area (Å²) in [4.78, 5) is 9.93. The van der Waals surface area contributed by atoms with E-state index in [1.165, 1.54) is 24.3 Å². The van der Waals surface area contributed by atoms with Crippen molar-refractivity contribution in [1.82, 2.24) is 14.5 Å². The third kappa shape index (κ3) is 3.30. The van der Waals surface area contributed by atoms with Crippen LogP contribution < -0.4 is 4.72 Å². The molecule has 1 aliphatic rings. The number of ether oxygens (including phenoxy) is 1. The van der Waals surface area contributed by atoms with Gasteiger partial charge in [0.05, 0.1) is 30.9 Å². The molecule has 128 valence electrons. The Hall–Kier alpha value is -2.30. The molecule has 0 spiro atoms. The Labute approximate surface area is 138 Å². The van der Waals surface area contributed by atoms with Crippen molar-refractivity contribution < 1.29 is 18.1 Å². The Balaban J connectivity index is 1.70. The highest BCUT2D eigenvalue weighted by Crippen LogP contribution is 2.22. The quantitative estimate of drug-likeness (QED) is 0.608. The van der Waals surface area contributed by atoms with E-state index in [0.29, 0.717) is 19.8 Å². The largest absolute Gasteiger partial charge is 0.376 e. The molecule has 0 bridgehead atoms. The zero-order valence-corrected chi connectivity index (χ0v) is 13.5. The number of benzene rings is 1. The molecule has 10 heteroatoms. The first-order valence-corrected chi connectivity index (χ1v) is 8.82. The number of nitrogens with zero attached hydrogens (tertiary/aromatic N) is 3. The van der Waals surface area contributed by atoms with E-state index in [9.17, 15) is 18.5 Å². The molecule has 2 aromatic rings. The Morgan fingerprint density at radius 1 is 1.38 bits per heavy atom. The lowest BCUT2D eigenvalue weighted by atomic mass is 10.2. The molecular weight excluding hydrogens is 336 g/mol. The van der Waals surface area contributed by atoms with Gasteiger partial charge < -0.3 is 4.74 Å². The van der Waals surface area contributed by atoms with Crippen molar-refractivity contribution in [3.05, 3.63) is 51.8 Å². The lowest BCUT2D eigenvalue weighted by molar-refractivity contribution is -0.387. The molecule has 2 heterocycles. The minimum Gasteiger partial charge on any atom is -0.376 e. The molecule has 1 aromatic heterocycles. The van der Waals surface area contributed by atoms with E-state index < -0.39 is 20.6 Å². The maximum absolute atomic E-state index is 12.3. The Morgan fingerprint density at radius 3 is 2.96 bits per heavy atom. The van der Waals surface area contributed by atoms with Crippen LogP contribution in [0.4, 0.5) is 5.69 Å². The maximum atomic E-state index is 12.3. The van der Waals surface area contributed by atoms with Crippen LogP contribution in [0.2, 0.25) is 0 Å². The summed E-state index contributed by atoms with van der Waals surface area (Å²) in [7, 11) is -3.97. The molecule has 0 aliphatic carbocycles. The molecule has 0 radical (unpaired) electrons. The highest BCUT2D eigenvalue weighted by molar-refractivity contribution is 7.89. The molecule has 3 rings (SSSR count). The lowest BCUT2D eigenvalue weighted by Crippen LogP contribution is -2.29. The van der Waals surface area contributed by atoms with Crippen LogP contribution in [0.1, 0.15) is 11.3 Å². The average Bonchev–Trinajstić information content (AvgIpc) is 2.98. The summed E-state index contributed by atoms with van der Waals surface area (Å²) in [5, 5.41) is 15.2. The number of nitro benzene ring substituents is 1. The van der Waals surface area contributed by atoms with Crippen molar-refractivity contribution in [3.63, 3.8) is 0 Å². The minimum atomic E-state index is -3.97. The number of nitrogens with one attached hydrogen (secondary N) is 1. The van der Waals surface area contributed by atoms with Crippen LogP contribution in [0.3, 0.4) is 0 Å². The monoisotopic (exact) mass is 352 g/mol. The van der Waals surface area contributed by atoms with Crippen LogP contribution in [0.5, 0.6) is 0 Å². The minimum absolute atomic E-state index is 0.0867. The number of hydrogen-bond acceptors (Lipinski definition) is 6. The van der Waals surface area contributed by atoms with Crippen molar-refractivity contribution >= 4 is 15.7 Å². The molecule has 1 aliphatic heterocycles. The predicted molar refractivity (Wildman–Crippen MR) is 83.9 cm³/mol. The van der Waals surface area contributed by atoms with Gasteiger partial charge in [-0.15, -0.1) is 0 Å². The van der Waals surface area contributed by atoms with Gasteiger partial charge >= 0.3 is 0 Å². The summed E-state index contributed by atoms with van der Waals surface area (Å²) in [6, 6.07) is 5.26. The normalized spacial score (nSPS) is 14.3. The van der Waals surface area contributed by atoms with Gasteiger partial charge in [-0.05, 0) is 6.07 Å². The van der Waals surface area contributed by atoms with E-state index in [2.05, 4.69) is 9.82 Å². The van der Waals surface area contributed by atoms with E-state index in [-0.39, 0.29) is 11.4 Å². The van der Waals surface area contributed by atoms with Crippen LogP contribution in [-0.2, 0) is 34.3 Å². The van der Waals surface area contributed by atoms with Crippen molar-refractivity contribution in [2.24, 2.45) is 0 Å². The average molecular weight is 352 g/mol. The van der Waals surface area contributed by atoms with Gasteiger partial charge in [-0.2, -0.15) is 5.10 Å². The highest BCUT2D eigenvalue weighted by atomic mass is 32.2. The molecule has 9 nitrogen and oxygen atoms in total. The zero-order valence-electron chi connectivity index (χ0n) is 12.7. The maximum Gasteiger partial charge on any atom is 0.289 e. The second-order valence-electron chi connectivity index (χ2n) is 5.26. The van der Waals surface area contributed by atoms with Gasteiger partial charge in [0.1, 0.15) is 0 Å². The molecule has 0 atom stereocenters. The topological polar surface area (TPSA) is 116 Å². The summed E-state index contributed by atoms with van der Waals surface area (Å²) in [6.07, 6.45) is 2.44. The van der Waals surface area contributed by atoms with E-state index in [4.69, 9.17) is 4.74 Å². The van der Waals surface area contributed by atoms with Crippen LogP contribution in [0.25, 0.3) is 0 Å². The first-order chi connectivity index (χ1) is 11.5. The molecule has 24 heavy (non-hydrogen) atoms. The third-order valence-electron chi connectivity index (χ3n) is 3.74. The second-order valence-corrected chi connectivity index (χ2v) is 7.00. The van der Waals surface area contributed by atoms with Crippen molar-refractivity contribution in [2.45, 2.75) is 24.5 Å². The second kappa shape index (κ2) is 6.67. The van der Waals surface area contributed by atoms with Gasteiger partial charge in [0.2, 0.25) is 10.0 Å². The summed E-state index contributed by atoms with van der Waals surface area (Å²) >= 11 is 0. The number of nitro groups is 1. The predicted octanol–water partition coefficient (Wildman–Crippen LogP) is 0.842. The number of hydrogen-bond donors (Lipinski definition) is 1. The highest BCUT2D eigenvalue weighted by Gasteiger charge is 2.24. The number of para-hydroxylation sites is 1. The van der Waals surface area contributed by atoms with Crippen LogP contribution in [-0.4, -0.2) is 36.3 Å². The van der Waals surface area contributed by atoms with E-state index >= 15 is 0 Å². The Morgan fingerprint density at radius 2 is 2.17 bits per heavy atom. The summed E-state index contributed by atoms with van der Waals surface area (Å²) < 4.78 is 34.1. The Bertz CT molecular complexity index is 862. The first-order valence-electron chi connectivity index (χ1n) is 7.33. The fourth-order valence-electron chi connectivity index (χ4n) is 2.60. The smallest absolute Gasteiger partial charge is 0.289 e. The number of fused-ring (bicyclic) bond motifs is 1. The van der Waals surface area contributed by atoms with Gasteiger partial charge in [0.15, 0.2) is 4.90 Å². The van der Waals surface area contributed by atoms with Crippen molar-refractivity contribution in [3.8, 4) is 0 Å². The molecule has 0 saturated heterocycles. The SMILES string of the molecule is O=[N+]([O-])c1ccccc1S(=O)(=O)NCCn1ncc2c1CCOC2. The molecule has 1 aromatic carbocycles. The molecule has 0 amide bonds. The van der Waals surface area contributed by atoms with Gasteiger partial charge in [-0.25, -0.2) is 13.1 Å². The molecule has 1 N–H and O–H groups in total. The van der Waals surface area contributed by atoms with E-state index in [1.807, 2.05) is 0 Å². The molecular formula is C14H16N4O5S. The zero-order chi connectivity index (χ0) is 17.2. The van der Waals surface area contributed by atoms with Gasteiger partial charge in [0, 0.05) is 30.3 Å². The summed E-state index contributed by atoms with van der Waals surface area (Å²) in [5.41, 5.74) is 1.59. The number of rotatable bonds is 6. The molecule has 0 saturated carbocycles. The Kier molecular flexibility index (Phi) is 4.60. The standard InChI is InChI=1S/C14H16N4O5S/c19-18(20)13-3-1-2-4-14(13)24(21,22)16-6-7-17-12-5-8-23-10-11(12)9-15-17/h1-4,9,16H,5-8,10H2. The number of sulfonamides is 1. The van der Waals surface area contributed by atoms with Crippen molar-refractivity contribution in [2.75, 3.05) is 13.2 Å². The summed E-state index contributed by atoms with van der Waals surface area (Å²) in [6.45, 7) is 1.55. The van der Waals surface area contributed by atoms with Crippen LogP contribution >= 0.6 is 0 Å². The molecule has 0 fully saturated rings. The van der Waals surface area contributed by atoms with Crippen molar-refractivity contribution in [1.29, 1.82) is 0 Å². The van der Waals surface area contributed by atoms with Gasteiger partial charge in [-0.1, -0.05) is 12.1 Å². The fourth-order valence-corrected chi connectivity index (χ4v) is 3.79. The van der Waals surface area contributed by atoms with Gasteiger partial charge in [0.25, 0.3) is 5.69 Å². The van der Waals surface area contributed by atoms with Crippen LogP contribution in [0.15, 0.2) is 35.4 Å². The van der Waals surface area contributed by atoms with Gasteiger partial charge in [-0.3, -0.25) is 14.8 Å².